The van der Waals surface area contributed by atoms with Crippen molar-refractivity contribution in [1.29, 1.82) is 0 Å². The molecular weight excluding hydrogens is 518 g/mol. The quantitative estimate of drug-likeness (QED) is 0.276. The number of nitro groups is 1. The minimum absolute atomic E-state index is 0.00560. The summed E-state index contributed by atoms with van der Waals surface area (Å²) in [7, 11) is -3.75. The van der Waals surface area contributed by atoms with Crippen LogP contribution in [0.5, 0.6) is 0 Å². The summed E-state index contributed by atoms with van der Waals surface area (Å²) in [5.41, 5.74) is 2.78. The number of hydrogen-bond donors (Lipinski definition) is 0. The zero-order chi connectivity index (χ0) is 27.2. The van der Waals surface area contributed by atoms with E-state index >= 15 is 0 Å². The largest absolute Gasteiger partial charge is 0.379 e. The molecule has 0 amide bonds. The van der Waals surface area contributed by atoms with Crippen LogP contribution in [0.25, 0.3) is 0 Å². The van der Waals surface area contributed by atoms with E-state index in [0.29, 0.717) is 43.2 Å². The molecule has 3 heterocycles. The van der Waals surface area contributed by atoms with Gasteiger partial charge in [-0.25, -0.2) is 8.42 Å². The van der Waals surface area contributed by atoms with Crippen molar-refractivity contribution in [2.75, 3.05) is 62.3 Å². The molecule has 39 heavy (non-hydrogen) atoms. The molecule has 0 saturated carbocycles. The number of hydrogen-bond acceptors (Lipinski definition) is 8. The third kappa shape index (κ3) is 6.42. The molecule has 3 fully saturated rings. The lowest BCUT2D eigenvalue weighted by atomic mass is 10.1. The van der Waals surface area contributed by atoms with Crippen LogP contribution in [-0.2, 0) is 14.8 Å². The highest BCUT2D eigenvalue weighted by atomic mass is 32.2. The Kier molecular flexibility index (Phi) is 8.79. The van der Waals surface area contributed by atoms with Crippen molar-refractivity contribution in [3.05, 3.63) is 52.1 Å². The molecule has 2 aromatic carbocycles. The molecular formula is C28H37N5O5S. The van der Waals surface area contributed by atoms with Gasteiger partial charge < -0.3 is 14.5 Å². The van der Waals surface area contributed by atoms with E-state index in [1.807, 2.05) is 12.1 Å². The van der Waals surface area contributed by atoms with E-state index in [4.69, 9.17) is 4.74 Å². The van der Waals surface area contributed by atoms with Crippen molar-refractivity contribution in [3.63, 3.8) is 0 Å². The molecule has 0 aliphatic carbocycles. The standard InChI is InChI=1S/C28H37N5O5S/c34-33(35)25-9-11-26(30-12-4-1-2-5-13-30)23(20-25)22-29-24-8-10-27(31-14-6-3-7-15-31)28(21-24)39(36,37)32-16-18-38-19-17-32/h8-11,20-22H,1-7,12-19H2. The Labute approximate surface area is 230 Å². The molecule has 0 radical (unpaired) electrons. The number of nitro benzene ring substituents is 1. The van der Waals surface area contributed by atoms with E-state index in [9.17, 15) is 18.5 Å². The van der Waals surface area contributed by atoms with Crippen LogP contribution < -0.4 is 9.80 Å². The maximum atomic E-state index is 13.8. The van der Waals surface area contributed by atoms with Crippen LogP contribution in [0, 0.1) is 10.1 Å². The SMILES string of the molecule is O=[N+]([O-])c1ccc(N2CCCCCC2)c(C=Nc2ccc(N3CCCCC3)c(S(=O)(=O)N3CCOCC3)c2)c1. The summed E-state index contributed by atoms with van der Waals surface area (Å²) >= 11 is 0. The molecule has 2 aromatic rings. The fraction of sp³-hybridized carbons (Fsp3) is 0.536. The minimum Gasteiger partial charge on any atom is -0.379 e. The van der Waals surface area contributed by atoms with Gasteiger partial charge in [0.15, 0.2) is 0 Å². The van der Waals surface area contributed by atoms with Crippen LogP contribution >= 0.6 is 0 Å². The molecule has 0 atom stereocenters. The van der Waals surface area contributed by atoms with Crippen LogP contribution in [0.15, 0.2) is 46.3 Å². The Balaban J connectivity index is 1.52. The van der Waals surface area contributed by atoms with Crippen LogP contribution in [0.2, 0.25) is 0 Å². The van der Waals surface area contributed by atoms with Gasteiger partial charge in [-0.3, -0.25) is 15.1 Å². The van der Waals surface area contributed by atoms with Gasteiger partial charge in [-0.15, -0.1) is 0 Å². The summed E-state index contributed by atoms with van der Waals surface area (Å²) in [4.78, 5) is 20.5. The number of benzene rings is 2. The summed E-state index contributed by atoms with van der Waals surface area (Å²) < 4.78 is 34.5. The third-order valence-electron chi connectivity index (χ3n) is 7.75. The molecule has 10 nitrogen and oxygen atoms in total. The maximum absolute atomic E-state index is 13.8. The van der Waals surface area contributed by atoms with Gasteiger partial charge in [-0.05, 0) is 56.4 Å². The first kappa shape index (κ1) is 27.5. The first-order valence-corrected chi connectivity index (χ1v) is 15.4. The number of piperidine rings is 1. The number of aliphatic imine (C=N–C) groups is 1. The van der Waals surface area contributed by atoms with Crippen molar-refractivity contribution >= 4 is 39.0 Å². The monoisotopic (exact) mass is 555 g/mol. The summed E-state index contributed by atoms with van der Waals surface area (Å²) in [5, 5.41) is 11.5. The third-order valence-corrected chi connectivity index (χ3v) is 9.68. The number of nitrogens with zero attached hydrogens (tertiary/aromatic N) is 5. The van der Waals surface area contributed by atoms with Crippen molar-refractivity contribution in [1.82, 2.24) is 4.31 Å². The van der Waals surface area contributed by atoms with E-state index in [2.05, 4.69) is 14.8 Å². The highest BCUT2D eigenvalue weighted by Crippen LogP contribution is 2.34. The number of ether oxygens (including phenoxy) is 1. The molecule has 11 heteroatoms. The molecule has 5 rings (SSSR count). The van der Waals surface area contributed by atoms with Gasteiger partial charge in [-0.1, -0.05) is 12.8 Å². The summed E-state index contributed by atoms with van der Waals surface area (Å²) in [6.45, 7) is 4.83. The molecule has 3 aliphatic heterocycles. The van der Waals surface area contributed by atoms with E-state index < -0.39 is 14.9 Å². The average molecular weight is 556 g/mol. The molecule has 3 saturated heterocycles. The van der Waals surface area contributed by atoms with Crippen molar-refractivity contribution in [3.8, 4) is 0 Å². The number of morpholine rings is 1. The Hall–Kier alpha value is -3.02. The van der Waals surface area contributed by atoms with Crippen molar-refractivity contribution < 1.29 is 18.1 Å². The van der Waals surface area contributed by atoms with E-state index in [1.54, 1.807) is 24.4 Å². The summed E-state index contributed by atoms with van der Waals surface area (Å²) in [6.07, 6.45) is 9.35. The molecule has 210 valence electrons. The zero-order valence-electron chi connectivity index (χ0n) is 22.3. The van der Waals surface area contributed by atoms with Gasteiger partial charge in [-0.2, -0.15) is 4.31 Å². The van der Waals surface area contributed by atoms with Crippen LogP contribution in [0.1, 0.15) is 50.5 Å². The van der Waals surface area contributed by atoms with E-state index in [-0.39, 0.29) is 10.6 Å². The summed E-state index contributed by atoms with van der Waals surface area (Å²) in [6, 6.07) is 10.2. The van der Waals surface area contributed by atoms with Gasteiger partial charge in [0.25, 0.3) is 5.69 Å². The van der Waals surface area contributed by atoms with Gasteiger partial charge in [0.1, 0.15) is 4.90 Å². The molecule has 0 unspecified atom stereocenters. The Morgan fingerprint density at radius 1 is 0.795 bits per heavy atom. The Morgan fingerprint density at radius 3 is 2.03 bits per heavy atom. The van der Waals surface area contributed by atoms with Crippen LogP contribution in [-0.4, -0.2) is 76.3 Å². The summed E-state index contributed by atoms with van der Waals surface area (Å²) in [5.74, 6) is 0. The van der Waals surface area contributed by atoms with Gasteiger partial charge >= 0.3 is 0 Å². The fourth-order valence-electron chi connectivity index (χ4n) is 5.61. The zero-order valence-corrected chi connectivity index (χ0v) is 23.2. The number of non-ortho nitro benzene ring substituents is 1. The lowest BCUT2D eigenvalue weighted by molar-refractivity contribution is -0.384. The predicted octanol–water partition coefficient (Wildman–Crippen LogP) is 4.74. The first-order chi connectivity index (χ1) is 18.9. The van der Waals surface area contributed by atoms with Gasteiger partial charge in [0, 0.05) is 68.9 Å². The lowest BCUT2D eigenvalue weighted by Gasteiger charge is -2.32. The molecule has 0 aromatic heterocycles. The minimum atomic E-state index is -3.75. The second kappa shape index (κ2) is 12.4. The number of rotatable bonds is 7. The topological polar surface area (TPSA) is 109 Å². The van der Waals surface area contributed by atoms with Crippen molar-refractivity contribution in [2.45, 2.75) is 49.8 Å². The van der Waals surface area contributed by atoms with Gasteiger partial charge in [0.2, 0.25) is 10.0 Å². The molecule has 3 aliphatic rings. The fourth-order valence-corrected chi connectivity index (χ4v) is 7.25. The molecule has 0 N–H and O–H groups in total. The van der Waals surface area contributed by atoms with Crippen molar-refractivity contribution in [2.24, 2.45) is 4.99 Å². The molecule has 0 bridgehead atoms. The first-order valence-electron chi connectivity index (χ1n) is 14.0. The van der Waals surface area contributed by atoms with E-state index in [1.165, 1.54) is 23.2 Å². The average Bonchev–Trinajstić information content (AvgIpc) is 3.26. The Bertz CT molecular complexity index is 1300. The predicted molar refractivity (Wildman–Crippen MR) is 153 cm³/mol. The number of anilines is 2. The second-order valence-electron chi connectivity index (χ2n) is 10.4. The molecule has 0 spiro atoms. The normalized spacial score (nSPS) is 19.8. The maximum Gasteiger partial charge on any atom is 0.270 e. The highest BCUT2D eigenvalue weighted by Gasteiger charge is 2.31. The second-order valence-corrected chi connectivity index (χ2v) is 12.3. The Morgan fingerprint density at radius 2 is 1.38 bits per heavy atom. The number of sulfonamides is 1. The lowest BCUT2D eigenvalue weighted by Crippen LogP contribution is -2.41. The van der Waals surface area contributed by atoms with Crippen LogP contribution in [0.4, 0.5) is 22.7 Å². The van der Waals surface area contributed by atoms with Crippen LogP contribution in [0.3, 0.4) is 0 Å². The smallest absolute Gasteiger partial charge is 0.270 e. The highest BCUT2D eigenvalue weighted by molar-refractivity contribution is 7.89. The van der Waals surface area contributed by atoms with Gasteiger partial charge in [0.05, 0.1) is 29.5 Å². The van der Waals surface area contributed by atoms with E-state index in [0.717, 1.165) is 64.0 Å².